The Morgan fingerprint density at radius 1 is 1.53 bits per heavy atom. The van der Waals surface area contributed by atoms with Crippen LogP contribution in [0.1, 0.15) is 24.8 Å². The van der Waals surface area contributed by atoms with Gasteiger partial charge >= 0.3 is 5.97 Å². The lowest BCUT2D eigenvalue weighted by Gasteiger charge is -2.13. The molecule has 1 aromatic rings. The smallest absolute Gasteiger partial charge is 0.304 e. The predicted octanol–water partition coefficient (Wildman–Crippen LogP) is 3.09. The molecule has 0 atom stereocenters. The summed E-state index contributed by atoms with van der Waals surface area (Å²) in [4.78, 5) is 10.7. The molecule has 80 valence electrons. The van der Waals surface area contributed by atoms with Crippen molar-refractivity contribution in [1.29, 1.82) is 0 Å². The normalized spacial score (nSPS) is 17.5. The molecule has 0 unspecified atom stereocenters. The third-order valence-electron chi connectivity index (χ3n) is 2.88. The zero-order valence-electron chi connectivity index (χ0n) is 7.96. The van der Waals surface area contributed by atoms with Crippen LogP contribution in [-0.2, 0) is 10.2 Å². The SMILES string of the molecule is O=C(O)CC1(c2ccc(Br)c(F)c2)CC1. The Balaban J connectivity index is 2.29. The van der Waals surface area contributed by atoms with Gasteiger partial charge in [-0.2, -0.15) is 0 Å². The molecule has 1 aliphatic rings. The fourth-order valence-electron chi connectivity index (χ4n) is 1.83. The molecular formula is C11H10BrFO2. The van der Waals surface area contributed by atoms with Gasteiger partial charge in [0.05, 0.1) is 10.9 Å². The van der Waals surface area contributed by atoms with Crippen molar-refractivity contribution in [2.24, 2.45) is 0 Å². The first kappa shape index (κ1) is 10.6. The van der Waals surface area contributed by atoms with Crippen LogP contribution in [0.3, 0.4) is 0 Å². The Hall–Kier alpha value is -0.900. The lowest BCUT2D eigenvalue weighted by atomic mass is 9.92. The molecule has 0 spiro atoms. The van der Waals surface area contributed by atoms with Crippen molar-refractivity contribution >= 4 is 21.9 Å². The number of benzene rings is 1. The van der Waals surface area contributed by atoms with E-state index >= 15 is 0 Å². The largest absolute Gasteiger partial charge is 0.481 e. The van der Waals surface area contributed by atoms with E-state index in [2.05, 4.69) is 15.9 Å². The average Bonchev–Trinajstić information content (AvgIpc) is 2.89. The third-order valence-corrected chi connectivity index (χ3v) is 3.52. The molecule has 1 N–H and O–H groups in total. The highest BCUT2D eigenvalue weighted by molar-refractivity contribution is 9.10. The summed E-state index contributed by atoms with van der Waals surface area (Å²) in [7, 11) is 0. The molecule has 0 aliphatic heterocycles. The van der Waals surface area contributed by atoms with E-state index in [0.29, 0.717) is 4.47 Å². The zero-order valence-corrected chi connectivity index (χ0v) is 9.55. The number of carboxylic acid groups (broad SMARTS) is 1. The summed E-state index contributed by atoms with van der Waals surface area (Å²) in [6, 6.07) is 4.86. The van der Waals surface area contributed by atoms with Gasteiger partial charge in [-0.3, -0.25) is 4.79 Å². The highest BCUT2D eigenvalue weighted by atomic mass is 79.9. The van der Waals surface area contributed by atoms with Crippen LogP contribution >= 0.6 is 15.9 Å². The number of hydrogen-bond acceptors (Lipinski definition) is 1. The van der Waals surface area contributed by atoms with Crippen LogP contribution in [-0.4, -0.2) is 11.1 Å². The van der Waals surface area contributed by atoms with Crippen LogP contribution in [0.2, 0.25) is 0 Å². The van der Waals surface area contributed by atoms with Crippen LogP contribution in [0.5, 0.6) is 0 Å². The van der Waals surface area contributed by atoms with Gasteiger partial charge in [0.15, 0.2) is 0 Å². The summed E-state index contributed by atoms with van der Waals surface area (Å²) in [5.41, 5.74) is 0.485. The number of hydrogen-bond donors (Lipinski definition) is 1. The van der Waals surface area contributed by atoms with E-state index in [1.165, 1.54) is 6.07 Å². The molecule has 2 nitrogen and oxygen atoms in total. The van der Waals surface area contributed by atoms with E-state index in [1.807, 2.05) is 0 Å². The Kier molecular flexibility index (Phi) is 2.54. The van der Waals surface area contributed by atoms with Crippen molar-refractivity contribution in [3.8, 4) is 0 Å². The Morgan fingerprint density at radius 2 is 2.20 bits per heavy atom. The molecule has 0 radical (unpaired) electrons. The summed E-state index contributed by atoms with van der Waals surface area (Å²) in [5, 5.41) is 8.77. The third kappa shape index (κ3) is 2.04. The van der Waals surface area contributed by atoms with Crippen LogP contribution in [0.4, 0.5) is 4.39 Å². The van der Waals surface area contributed by atoms with Crippen LogP contribution in [0.25, 0.3) is 0 Å². The van der Waals surface area contributed by atoms with Crippen molar-refractivity contribution in [3.05, 3.63) is 34.1 Å². The minimum absolute atomic E-state index is 0.0913. The maximum Gasteiger partial charge on any atom is 0.304 e. The molecule has 15 heavy (non-hydrogen) atoms. The number of carboxylic acids is 1. The molecule has 1 fully saturated rings. The zero-order chi connectivity index (χ0) is 11.1. The second-order valence-electron chi connectivity index (χ2n) is 3.98. The topological polar surface area (TPSA) is 37.3 Å². The second kappa shape index (κ2) is 3.59. The van der Waals surface area contributed by atoms with E-state index in [1.54, 1.807) is 12.1 Å². The maximum atomic E-state index is 13.3. The molecule has 0 bridgehead atoms. The predicted molar refractivity (Wildman–Crippen MR) is 57.3 cm³/mol. The minimum Gasteiger partial charge on any atom is -0.481 e. The van der Waals surface area contributed by atoms with Crippen LogP contribution in [0, 0.1) is 5.82 Å². The number of aliphatic carboxylic acids is 1. The van der Waals surface area contributed by atoms with Gasteiger partial charge < -0.3 is 5.11 Å². The summed E-state index contributed by atoms with van der Waals surface area (Å²) >= 11 is 3.08. The average molecular weight is 273 g/mol. The summed E-state index contributed by atoms with van der Waals surface area (Å²) in [6.07, 6.45) is 1.76. The maximum absolute atomic E-state index is 13.3. The van der Waals surface area contributed by atoms with Crippen molar-refractivity contribution in [2.75, 3.05) is 0 Å². The molecule has 0 heterocycles. The van der Waals surface area contributed by atoms with E-state index in [-0.39, 0.29) is 17.7 Å². The van der Waals surface area contributed by atoms with Crippen molar-refractivity contribution in [1.82, 2.24) is 0 Å². The molecule has 0 aromatic heterocycles. The number of halogens is 2. The molecule has 0 saturated heterocycles. The van der Waals surface area contributed by atoms with E-state index in [9.17, 15) is 9.18 Å². The molecule has 0 amide bonds. The Morgan fingerprint density at radius 3 is 2.67 bits per heavy atom. The van der Waals surface area contributed by atoms with Gasteiger partial charge in [-0.25, -0.2) is 4.39 Å². The fraction of sp³-hybridized carbons (Fsp3) is 0.364. The van der Waals surface area contributed by atoms with E-state index in [0.717, 1.165) is 18.4 Å². The molecule has 2 rings (SSSR count). The van der Waals surface area contributed by atoms with Gasteiger partial charge in [-0.05, 0) is 46.5 Å². The summed E-state index contributed by atoms with van der Waals surface area (Å²) in [5.74, 6) is -1.15. The first-order chi connectivity index (χ1) is 7.03. The minimum atomic E-state index is -0.823. The van der Waals surface area contributed by atoms with Gasteiger partial charge in [0, 0.05) is 5.41 Å². The van der Waals surface area contributed by atoms with E-state index < -0.39 is 5.97 Å². The lowest BCUT2D eigenvalue weighted by Crippen LogP contribution is -2.13. The lowest BCUT2D eigenvalue weighted by molar-refractivity contribution is -0.137. The Bertz CT molecular complexity index is 413. The molecule has 1 aromatic carbocycles. The van der Waals surface area contributed by atoms with Crippen molar-refractivity contribution < 1.29 is 14.3 Å². The quantitative estimate of drug-likeness (QED) is 0.918. The van der Waals surface area contributed by atoms with Crippen LogP contribution in [0.15, 0.2) is 22.7 Å². The monoisotopic (exact) mass is 272 g/mol. The highest BCUT2D eigenvalue weighted by Crippen LogP contribution is 2.51. The summed E-state index contributed by atoms with van der Waals surface area (Å²) < 4.78 is 13.7. The summed E-state index contributed by atoms with van der Waals surface area (Å²) in [6.45, 7) is 0. The molecule has 4 heteroatoms. The highest BCUT2D eigenvalue weighted by Gasteiger charge is 2.46. The first-order valence-electron chi connectivity index (χ1n) is 4.71. The van der Waals surface area contributed by atoms with E-state index in [4.69, 9.17) is 5.11 Å². The first-order valence-corrected chi connectivity index (χ1v) is 5.50. The van der Waals surface area contributed by atoms with Gasteiger partial charge in [-0.15, -0.1) is 0 Å². The molecule has 1 saturated carbocycles. The number of carbonyl (C=O) groups is 1. The van der Waals surface area contributed by atoms with Gasteiger partial charge in [0.25, 0.3) is 0 Å². The van der Waals surface area contributed by atoms with Crippen molar-refractivity contribution in [2.45, 2.75) is 24.7 Å². The standard InChI is InChI=1S/C11H10BrFO2/c12-8-2-1-7(5-9(8)13)11(3-4-11)6-10(14)15/h1-2,5H,3-4,6H2,(H,14,15). The van der Waals surface area contributed by atoms with Gasteiger partial charge in [0.2, 0.25) is 0 Å². The molecular weight excluding hydrogens is 263 g/mol. The van der Waals surface area contributed by atoms with Gasteiger partial charge in [0.1, 0.15) is 5.82 Å². The fourth-order valence-corrected chi connectivity index (χ4v) is 2.08. The van der Waals surface area contributed by atoms with Gasteiger partial charge in [-0.1, -0.05) is 6.07 Å². The second-order valence-corrected chi connectivity index (χ2v) is 4.83. The molecule has 1 aliphatic carbocycles. The van der Waals surface area contributed by atoms with Crippen LogP contribution < -0.4 is 0 Å². The Labute approximate surface area is 95.2 Å². The van der Waals surface area contributed by atoms with Crippen molar-refractivity contribution in [3.63, 3.8) is 0 Å². The number of rotatable bonds is 3.